The fraction of sp³-hybridized carbons (Fsp3) is 0.500. The van der Waals surface area contributed by atoms with E-state index in [-0.39, 0.29) is 24.0 Å². The zero-order valence-electron chi connectivity index (χ0n) is 18.8. The number of hydrogen-bond donors (Lipinski definition) is 0. The topological polar surface area (TPSA) is 52.6 Å². The molecule has 2 aromatic rings. The highest BCUT2D eigenvalue weighted by Gasteiger charge is 2.58. The first-order valence-corrected chi connectivity index (χ1v) is 12.0. The van der Waals surface area contributed by atoms with Crippen LogP contribution >= 0.6 is 0 Å². The van der Waals surface area contributed by atoms with E-state index in [2.05, 4.69) is 19.6 Å². The van der Waals surface area contributed by atoms with Gasteiger partial charge in [0.15, 0.2) is 0 Å². The molecule has 4 aliphatic carbocycles. The summed E-state index contributed by atoms with van der Waals surface area (Å²) in [4.78, 5) is 24.7. The Balaban J connectivity index is 1.28. The first-order valence-electron chi connectivity index (χ1n) is 12.0. The van der Waals surface area contributed by atoms with Gasteiger partial charge >= 0.3 is 11.9 Å². The summed E-state index contributed by atoms with van der Waals surface area (Å²) in [5.41, 5.74) is 1.62. The van der Waals surface area contributed by atoms with Gasteiger partial charge in [-0.15, -0.1) is 0 Å². The predicted octanol–water partition coefficient (Wildman–Crippen LogP) is 5.76. The van der Waals surface area contributed by atoms with Crippen molar-refractivity contribution in [3.8, 4) is 0 Å². The molecule has 0 aliphatic heterocycles. The molecule has 0 saturated heterocycles. The van der Waals surface area contributed by atoms with Gasteiger partial charge in [-0.1, -0.05) is 49.9 Å². The van der Waals surface area contributed by atoms with Gasteiger partial charge in [-0.2, -0.15) is 0 Å². The number of carbonyl (C=O) groups excluding carboxylic acids is 2. The lowest BCUT2D eigenvalue weighted by atomic mass is 9.49. The van der Waals surface area contributed by atoms with Crippen LogP contribution in [0.5, 0.6) is 0 Å². The highest BCUT2D eigenvalue weighted by molar-refractivity contribution is 5.86. The van der Waals surface area contributed by atoms with Gasteiger partial charge in [0.05, 0.1) is 19.1 Å². The Bertz CT molecular complexity index is 1020. The molecule has 4 heteroatoms. The largest absolute Gasteiger partial charge is 0.458 e. The first kappa shape index (κ1) is 21.2. The molecule has 4 aliphatic rings. The van der Waals surface area contributed by atoms with Crippen LogP contribution in [0.2, 0.25) is 0 Å². The molecule has 168 valence electrons. The van der Waals surface area contributed by atoms with Crippen LogP contribution in [-0.2, 0) is 31.9 Å². The maximum atomic E-state index is 13.1. The molecular formula is C28H32O4. The van der Waals surface area contributed by atoms with E-state index in [1.807, 2.05) is 30.3 Å². The van der Waals surface area contributed by atoms with E-state index in [4.69, 9.17) is 9.47 Å². The molecule has 32 heavy (non-hydrogen) atoms. The van der Waals surface area contributed by atoms with Crippen LogP contribution in [0.1, 0.15) is 56.6 Å². The maximum Gasteiger partial charge on any atom is 0.315 e. The quantitative estimate of drug-likeness (QED) is 0.412. The molecule has 0 radical (unpaired) electrons. The molecule has 4 saturated carbocycles. The lowest BCUT2D eigenvalue weighted by Crippen LogP contribution is -2.59. The average Bonchev–Trinajstić information content (AvgIpc) is 2.76. The molecule has 0 spiro atoms. The normalized spacial score (nSPS) is 30.3. The lowest BCUT2D eigenvalue weighted by molar-refractivity contribution is -0.210. The Hall–Kier alpha value is -2.62. The minimum absolute atomic E-state index is 0.0949. The van der Waals surface area contributed by atoms with E-state index in [0.717, 1.165) is 46.4 Å². The van der Waals surface area contributed by atoms with Gasteiger partial charge in [0.25, 0.3) is 0 Å². The summed E-state index contributed by atoms with van der Waals surface area (Å²) in [6, 6.07) is 12.0. The summed E-state index contributed by atoms with van der Waals surface area (Å²) < 4.78 is 11.2. The number of carbonyl (C=O) groups is 2. The number of rotatable bonds is 7. The fourth-order valence-corrected chi connectivity index (χ4v) is 7.08. The predicted molar refractivity (Wildman–Crippen MR) is 124 cm³/mol. The van der Waals surface area contributed by atoms with Crippen molar-refractivity contribution in [1.29, 1.82) is 0 Å². The summed E-state index contributed by atoms with van der Waals surface area (Å²) >= 11 is 0. The van der Waals surface area contributed by atoms with Crippen LogP contribution < -0.4 is 0 Å². The highest BCUT2D eigenvalue weighted by atomic mass is 16.6. The summed E-state index contributed by atoms with van der Waals surface area (Å²) in [5, 5.41) is 2.09. The third kappa shape index (κ3) is 3.85. The van der Waals surface area contributed by atoms with Gasteiger partial charge in [0, 0.05) is 0 Å². The van der Waals surface area contributed by atoms with Gasteiger partial charge in [-0.25, -0.2) is 0 Å². The van der Waals surface area contributed by atoms with Crippen LogP contribution in [0.25, 0.3) is 10.8 Å². The third-order valence-electron chi connectivity index (χ3n) is 8.26. The van der Waals surface area contributed by atoms with E-state index in [9.17, 15) is 9.59 Å². The summed E-state index contributed by atoms with van der Waals surface area (Å²) in [5.74, 6) is 2.40. The van der Waals surface area contributed by atoms with Crippen molar-refractivity contribution >= 4 is 22.7 Å². The van der Waals surface area contributed by atoms with Crippen molar-refractivity contribution in [2.24, 2.45) is 23.7 Å². The zero-order chi connectivity index (χ0) is 22.3. The van der Waals surface area contributed by atoms with Crippen LogP contribution in [0, 0.1) is 23.7 Å². The molecule has 0 unspecified atom stereocenters. The molecule has 0 amide bonds. The molecule has 6 rings (SSSR count). The van der Waals surface area contributed by atoms with Gasteiger partial charge < -0.3 is 9.47 Å². The summed E-state index contributed by atoms with van der Waals surface area (Å²) in [6.07, 6.45) is 8.97. The number of esters is 2. The maximum absolute atomic E-state index is 13.1. The Morgan fingerprint density at radius 2 is 1.44 bits per heavy atom. The third-order valence-corrected chi connectivity index (χ3v) is 8.26. The summed E-state index contributed by atoms with van der Waals surface area (Å²) in [7, 11) is 0. The Morgan fingerprint density at radius 1 is 0.906 bits per heavy atom. The molecule has 0 atom stereocenters. The second-order valence-electron chi connectivity index (χ2n) is 10.1. The van der Waals surface area contributed by atoms with E-state index in [1.165, 1.54) is 32.1 Å². The van der Waals surface area contributed by atoms with Gasteiger partial charge in [-0.05, 0) is 84.1 Å². The standard InChI is InChI=1S/C28H32O4/c1-3-28(24-12-20-9-21(14-24)15-25(28)13-20)32-27(30)17-19-6-8-22-10-18(5-7-23(22)11-19)16-26(29)31-4-2/h4-8,10-11,20-21,24-25H,2-3,9,12-17H2,1H3. The second-order valence-corrected chi connectivity index (χ2v) is 10.1. The van der Waals surface area contributed by atoms with Gasteiger partial charge in [-0.3, -0.25) is 9.59 Å². The minimum Gasteiger partial charge on any atom is -0.458 e. The van der Waals surface area contributed by atoms with Crippen molar-refractivity contribution in [2.45, 2.75) is 63.9 Å². The summed E-state index contributed by atoms with van der Waals surface area (Å²) in [6.45, 7) is 5.61. The van der Waals surface area contributed by atoms with E-state index in [1.54, 1.807) is 0 Å². The molecule has 4 fully saturated rings. The lowest BCUT2D eigenvalue weighted by Gasteiger charge is -2.60. The van der Waals surface area contributed by atoms with E-state index in [0.29, 0.717) is 18.3 Å². The van der Waals surface area contributed by atoms with Crippen molar-refractivity contribution < 1.29 is 19.1 Å². The Kier molecular flexibility index (Phi) is 5.56. The number of hydrogen-bond acceptors (Lipinski definition) is 4. The smallest absolute Gasteiger partial charge is 0.315 e. The average molecular weight is 433 g/mol. The Labute approximate surface area is 190 Å². The van der Waals surface area contributed by atoms with E-state index < -0.39 is 0 Å². The van der Waals surface area contributed by atoms with Crippen LogP contribution in [0.3, 0.4) is 0 Å². The zero-order valence-corrected chi connectivity index (χ0v) is 18.8. The number of benzene rings is 2. The van der Waals surface area contributed by atoms with Crippen LogP contribution in [-0.4, -0.2) is 17.5 Å². The van der Waals surface area contributed by atoms with Crippen LogP contribution in [0.4, 0.5) is 0 Å². The van der Waals surface area contributed by atoms with Crippen molar-refractivity contribution in [2.75, 3.05) is 0 Å². The monoisotopic (exact) mass is 432 g/mol. The highest BCUT2D eigenvalue weighted by Crippen LogP contribution is 2.60. The van der Waals surface area contributed by atoms with Crippen LogP contribution in [0.15, 0.2) is 49.2 Å². The van der Waals surface area contributed by atoms with Crippen molar-refractivity contribution in [3.63, 3.8) is 0 Å². The number of ether oxygens (including phenoxy) is 2. The van der Waals surface area contributed by atoms with Crippen molar-refractivity contribution in [1.82, 2.24) is 0 Å². The molecule has 2 aromatic carbocycles. The van der Waals surface area contributed by atoms with Gasteiger partial charge in [0.2, 0.25) is 0 Å². The van der Waals surface area contributed by atoms with Gasteiger partial charge in [0.1, 0.15) is 5.60 Å². The molecule has 0 aromatic heterocycles. The molecule has 0 heterocycles. The fourth-order valence-electron chi connectivity index (χ4n) is 7.08. The minimum atomic E-state index is -0.326. The first-order chi connectivity index (χ1) is 15.5. The molecule has 4 nitrogen and oxygen atoms in total. The van der Waals surface area contributed by atoms with Crippen molar-refractivity contribution in [3.05, 3.63) is 60.4 Å². The Morgan fingerprint density at radius 3 is 1.94 bits per heavy atom. The second kappa shape index (κ2) is 8.38. The molecule has 4 bridgehead atoms. The molecular weight excluding hydrogens is 400 g/mol. The molecule has 0 N–H and O–H groups in total. The number of fused-ring (bicyclic) bond motifs is 1. The van der Waals surface area contributed by atoms with E-state index >= 15 is 0 Å². The SMILES string of the molecule is C=COC(=O)Cc1ccc2cc(CC(=O)OC3(CC)C4CC5CC(C4)CC3C5)ccc2c1.